The highest BCUT2D eigenvalue weighted by molar-refractivity contribution is 6.30. The monoisotopic (exact) mass is 275 g/mol. The van der Waals surface area contributed by atoms with Crippen molar-refractivity contribution >= 4 is 23.3 Å². The van der Waals surface area contributed by atoms with E-state index in [0.29, 0.717) is 16.4 Å². The van der Waals surface area contributed by atoms with Crippen molar-refractivity contribution in [3.63, 3.8) is 0 Å². The van der Waals surface area contributed by atoms with Crippen LogP contribution in [-0.2, 0) is 0 Å². The fourth-order valence-corrected chi connectivity index (χ4v) is 1.35. The van der Waals surface area contributed by atoms with Gasteiger partial charge < -0.3 is 11.5 Å². The minimum absolute atomic E-state index is 0.106. The van der Waals surface area contributed by atoms with Gasteiger partial charge in [-0.1, -0.05) is 11.6 Å². The average molecular weight is 276 g/mol. The SMILES string of the molecule is N/C(=N\N=C(/N)c1cc(Cl)ccn1)c1cnccn1. The lowest BCUT2D eigenvalue weighted by molar-refractivity contribution is 1.13. The van der Waals surface area contributed by atoms with E-state index in [9.17, 15) is 0 Å². The maximum absolute atomic E-state index is 5.82. The minimum atomic E-state index is 0.106. The van der Waals surface area contributed by atoms with Gasteiger partial charge in [-0.05, 0) is 12.1 Å². The van der Waals surface area contributed by atoms with Crippen LogP contribution in [0.25, 0.3) is 0 Å². The van der Waals surface area contributed by atoms with E-state index in [1.165, 1.54) is 24.8 Å². The van der Waals surface area contributed by atoms with Crippen LogP contribution in [-0.4, -0.2) is 26.6 Å². The molecule has 0 unspecified atom stereocenters. The highest BCUT2D eigenvalue weighted by atomic mass is 35.5. The van der Waals surface area contributed by atoms with E-state index in [0.717, 1.165) is 0 Å². The van der Waals surface area contributed by atoms with E-state index in [2.05, 4.69) is 25.2 Å². The molecule has 0 fully saturated rings. The van der Waals surface area contributed by atoms with Crippen LogP contribution in [0.5, 0.6) is 0 Å². The second-order valence-corrected chi connectivity index (χ2v) is 3.86. The minimum Gasteiger partial charge on any atom is -0.380 e. The molecule has 8 heteroatoms. The van der Waals surface area contributed by atoms with Gasteiger partial charge >= 0.3 is 0 Å². The Hall–Kier alpha value is -2.54. The van der Waals surface area contributed by atoms with Crippen LogP contribution in [0.4, 0.5) is 0 Å². The summed E-state index contributed by atoms with van der Waals surface area (Å²) in [5, 5.41) is 8.06. The Morgan fingerprint density at radius 3 is 2.32 bits per heavy atom. The fraction of sp³-hybridized carbons (Fsp3) is 0. The Morgan fingerprint density at radius 2 is 1.68 bits per heavy atom. The summed E-state index contributed by atoms with van der Waals surface area (Å²) >= 11 is 5.82. The van der Waals surface area contributed by atoms with Crippen LogP contribution in [0.1, 0.15) is 11.4 Å². The molecular formula is C11H10ClN7. The third-order valence-electron chi connectivity index (χ3n) is 2.08. The van der Waals surface area contributed by atoms with Crippen molar-refractivity contribution in [2.75, 3.05) is 0 Å². The molecule has 96 valence electrons. The van der Waals surface area contributed by atoms with Gasteiger partial charge in [0.1, 0.15) is 11.4 Å². The molecule has 2 aromatic heterocycles. The lowest BCUT2D eigenvalue weighted by atomic mass is 10.3. The smallest absolute Gasteiger partial charge is 0.173 e. The predicted octanol–water partition coefficient (Wildman–Crippen LogP) is 0.551. The molecule has 0 radical (unpaired) electrons. The third-order valence-corrected chi connectivity index (χ3v) is 2.31. The molecule has 19 heavy (non-hydrogen) atoms. The highest BCUT2D eigenvalue weighted by Gasteiger charge is 2.02. The largest absolute Gasteiger partial charge is 0.380 e. The molecular weight excluding hydrogens is 266 g/mol. The molecule has 0 bridgehead atoms. The lowest BCUT2D eigenvalue weighted by Crippen LogP contribution is -2.18. The van der Waals surface area contributed by atoms with Crippen LogP contribution >= 0.6 is 11.6 Å². The molecule has 0 aromatic carbocycles. The van der Waals surface area contributed by atoms with Crippen molar-refractivity contribution in [3.05, 3.63) is 53.3 Å². The van der Waals surface area contributed by atoms with Gasteiger partial charge in [0.05, 0.1) is 6.20 Å². The summed E-state index contributed by atoms with van der Waals surface area (Å²) in [6.45, 7) is 0. The summed E-state index contributed by atoms with van der Waals surface area (Å²) in [7, 11) is 0. The Bertz CT molecular complexity index is 624. The van der Waals surface area contributed by atoms with Gasteiger partial charge in [0.15, 0.2) is 11.7 Å². The van der Waals surface area contributed by atoms with Gasteiger partial charge in [-0.2, -0.15) is 0 Å². The Balaban J connectivity index is 2.22. The number of hydrogen-bond acceptors (Lipinski definition) is 5. The number of rotatable bonds is 3. The van der Waals surface area contributed by atoms with E-state index in [1.807, 2.05) is 0 Å². The number of aromatic nitrogens is 3. The van der Waals surface area contributed by atoms with Crippen molar-refractivity contribution in [2.24, 2.45) is 21.7 Å². The zero-order valence-electron chi connectivity index (χ0n) is 9.73. The van der Waals surface area contributed by atoms with Crippen molar-refractivity contribution in [1.29, 1.82) is 0 Å². The van der Waals surface area contributed by atoms with Crippen LogP contribution in [0.15, 0.2) is 47.1 Å². The van der Waals surface area contributed by atoms with E-state index >= 15 is 0 Å². The molecule has 0 atom stereocenters. The molecule has 0 amide bonds. The van der Waals surface area contributed by atoms with E-state index in [4.69, 9.17) is 23.1 Å². The summed E-state index contributed by atoms with van der Waals surface area (Å²) in [6.07, 6.45) is 6.03. The summed E-state index contributed by atoms with van der Waals surface area (Å²) in [5.74, 6) is 0.215. The second kappa shape index (κ2) is 5.87. The van der Waals surface area contributed by atoms with Crippen LogP contribution in [0.3, 0.4) is 0 Å². The predicted molar refractivity (Wildman–Crippen MR) is 72.7 cm³/mol. The highest BCUT2D eigenvalue weighted by Crippen LogP contribution is 2.07. The zero-order valence-corrected chi connectivity index (χ0v) is 10.5. The van der Waals surface area contributed by atoms with Crippen molar-refractivity contribution in [3.8, 4) is 0 Å². The molecule has 2 rings (SSSR count). The van der Waals surface area contributed by atoms with Crippen molar-refractivity contribution in [2.45, 2.75) is 0 Å². The molecule has 7 nitrogen and oxygen atoms in total. The first kappa shape index (κ1) is 12.9. The van der Waals surface area contributed by atoms with Gasteiger partial charge in [-0.3, -0.25) is 9.97 Å². The number of nitrogens with zero attached hydrogens (tertiary/aromatic N) is 5. The molecule has 0 aliphatic heterocycles. The number of hydrogen-bond donors (Lipinski definition) is 2. The number of halogens is 1. The standard InChI is InChI=1S/C11H10ClN7/c12-7-1-2-16-8(5-7)10(13)18-19-11(14)9-6-15-3-4-17-9/h1-6H,(H2,13,18)(H2,14,19). The first-order valence-corrected chi connectivity index (χ1v) is 5.59. The Morgan fingerprint density at radius 1 is 1.00 bits per heavy atom. The van der Waals surface area contributed by atoms with Gasteiger partial charge in [-0.25, -0.2) is 4.98 Å². The maximum atomic E-state index is 5.82. The Labute approximate surface area is 114 Å². The molecule has 0 aliphatic carbocycles. The zero-order chi connectivity index (χ0) is 13.7. The summed E-state index contributed by atoms with van der Waals surface area (Å²) < 4.78 is 0. The van der Waals surface area contributed by atoms with Crippen molar-refractivity contribution in [1.82, 2.24) is 15.0 Å². The summed E-state index contributed by atoms with van der Waals surface area (Å²) in [4.78, 5) is 11.9. The van der Waals surface area contributed by atoms with E-state index < -0.39 is 0 Å². The van der Waals surface area contributed by atoms with Gasteiger partial charge in [-0.15, -0.1) is 10.2 Å². The van der Waals surface area contributed by atoms with Gasteiger partial charge in [0, 0.05) is 23.6 Å². The molecule has 0 saturated heterocycles. The normalized spacial score (nSPS) is 12.5. The lowest BCUT2D eigenvalue weighted by Gasteiger charge is -1.99. The van der Waals surface area contributed by atoms with Gasteiger partial charge in [0.2, 0.25) is 0 Å². The molecule has 4 N–H and O–H groups in total. The number of amidine groups is 2. The third kappa shape index (κ3) is 3.46. The second-order valence-electron chi connectivity index (χ2n) is 3.42. The van der Waals surface area contributed by atoms with Crippen LogP contribution in [0.2, 0.25) is 5.02 Å². The molecule has 2 aromatic rings. The first-order valence-electron chi connectivity index (χ1n) is 5.21. The molecule has 0 aliphatic rings. The fourth-order valence-electron chi connectivity index (χ4n) is 1.19. The maximum Gasteiger partial charge on any atom is 0.173 e. The number of pyridine rings is 1. The Kier molecular flexibility index (Phi) is 3.99. The van der Waals surface area contributed by atoms with Crippen molar-refractivity contribution < 1.29 is 0 Å². The average Bonchev–Trinajstić information content (AvgIpc) is 2.45. The molecule has 0 spiro atoms. The molecule has 0 saturated carbocycles. The first-order chi connectivity index (χ1) is 9.16. The van der Waals surface area contributed by atoms with Gasteiger partial charge in [0.25, 0.3) is 0 Å². The van der Waals surface area contributed by atoms with E-state index in [1.54, 1.807) is 12.1 Å². The summed E-state index contributed by atoms with van der Waals surface area (Å²) in [5.41, 5.74) is 12.2. The van der Waals surface area contributed by atoms with E-state index in [-0.39, 0.29) is 11.7 Å². The topological polar surface area (TPSA) is 115 Å². The van der Waals surface area contributed by atoms with Crippen LogP contribution in [0, 0.1) is 0 Å². The number of nitrogens with two attached hydrogens (primary N) is 2. The quantitative estimate of drug-likeness (QED) is 0.482. The molecule has 2 heterocycles. The van der Waals surface area contributed by atoms with Crippen LogP contribution < -0.4 is 11.5 Å². The summed E-state index contributed by atoms with van der Waals surface area (Å²) in [6, 6.07) is 3.21.